The first-order valence-electron chi connectivity index (χ1n) is 9.41. The minimum absolute atomic E-state index is 0.196. The van der Waals surface area contributed by atoms with E-state index < -0.39 is 0 Å². The van der Waals surface area contributed by atoms with Crippen LogP contribution in [0.15, 0.2) is 36.4 Å². The fourth-order valence-corrected chi connectivity index (χ4v) is 3.69. The Morgan fingerprint density at radius 1 is 1.14 bits per heavy atom. The van der Waals surface area contributed by atoms with Gasteiger partial charge >= 0.3 is 6.03 Å². The zero-order valence-corrected chi connectivity index (χ0v) is 16.4. The van der Waals surface area contributed by atoms with Crippen LogP contribution in [0.25, 0.3) is 0 Å². The summed E-state index contributed by atoms with van der Waals surface area (Å²) < 4.78 is 5.25. The number of nitrogens with one attached hydrogen (secondary N) is 2. The van der Waals surface area contributed by atoms with E-state index in [2.05, 4.69) is 10.6 Å². The Balaban J connectivity index is 1.48. The Morgan fingerprint density at radius 2 is 1.96 bits per heavy atom. The lowest BCUT2D eigenvalue weighted by atomic mass is 10.0. The monoisotopic (exact) mass is 399 g/mol. The quantitative estimate of drug-likeness (QED) is 0.784. The molecule has 2 N–H and O–H groups in total. The number of amides is 3. The molecule has 0 bridgehead atoms. The van der Waals surface area contributed by atoms with Gasteiger partial charge in [-0.25, -0.2) is 4.79 Å². The van der Waals surface area contributed by atoms with Crippen molar-refractivity contribution in [3.8, 4) is 5.75 Å². The zero-order valence-electron chi connectivity index (χ0n) is 15.6. The van der Waals surface area contributed by atoms with Crippen molar-refractivity contribution in [2.75, 3.05) is 29.2 Å². The molecule has 1 aliphatic heterocycles. The van der Waals surface area contributed by atoms with Gasteiger partial charge in [-0.1, -0.05) is 11.6 Å². The standard InChI is InChI=1S/C21H22ClN3O3/c1-28-19-9-6-15(22)12-17(19)24-21(27)23-16-7-8-18-14(11-16)3-2-10-25(18)20(26)13-4-5-13/h6-9,11-13H,2-5,10H2,1H3,(H2,23,24,27). The van der Waals surface area contributed by atoms with E-state index in [-0.39, 0.29) is 17.9 Å². The molecule has 7 heteroatoms. The number of halogens is 1. The Bertz CT molecular complexity index is 927. The number of carbonyl (C=O) groups excluding carboxylic acids is 2. The minimum Gasteiger partial charge on any atom is -0.495 e. The van der Waals surface area contributed by atoms with E-state index in [0.717, 1.165) is 43.5 Å². The van der Waals surface area contributed by atoms with E-state index in [1.165, 1.54) is 7.11 Å². The highest BCUT2D eigenvalue weighted by atomic mass is 35.5. The predicted octanol–water partition coefficient (Wildman–Crippen LogP) is 4.68. The Hall–Kier alpha value is -2.73. The Kier molecular flexibility index (Phi) is 5.13. The molecule has 1 fully saturated rings. The van der Waals surface area contributed by atoms with Crippen LogP contribution >= 0.6 is 11.6 Å². The molecule has 0 unspecified atom stereocenters. The van der Waals surface area contributed by atoms with Crippen molar-refractivity contribution in [1.29, 1.82) is 0 Å². The molecule has 28 heavy (non-hydrogen) atoms. The van der Waals surface area contributed by atoms with Gasteiger partial charge in [-0.3, -0.25) is 4.79 Å². The van der Waals surface area contributed by atoms with Crippen molar-refractivity contribution >= 4 is 40.6 Å². The number of hydrogen-bond acceptors (Lipinski definition) is 3. The van der Waals surface area contributed by atoms with E-state index in [4.69, 9.17) is 16.3 Å². The summed E-state index contributed by atoms with van der Waals surface area (Å²) >= 11 is 6.00. The molecule has 3 amide bonds. The summed E-state index contributed by atoms with van der Waals surface area (Å²) in [5.41, 5.74) is 3.22. The highest BCUT2D eigenvalue weighted by Crippen LogP contribution is 2.36. The van der Waals surface area contributed by atoms with Crippen LogP contribution < -0.4 is 20.3 Å². The highest BCUT2D eigenvalue weighted by Gasteiger charge is 2.35. The summed E-state index contributed by atoms with van der Waals surface area (Å²) in [7, 11) is 1.53. The fourth-order valence-electron chi connectivity index (χ4n) is 3.52. The van der Waals surface area contributed by atoms with Gasteiger partial charge in [0.1, 0.15) is 5.75 Å². The molecule has 1 aliphatic carbocycles. The number of rotatable bonds is 4. The first kappa shape index (κ1) is 18.6. The van der Waals surface area contributed by atoms with Crippen LogP contribution in [0, 0.1) is 5.92 Å². The van der Waals surface area contributed by atoms with Crippen LogP contribution in [0.5, 0.6) is 5.75 Å². The number of methoxy groups -OCH3 is 1. The lowest BCUT2D eigenvalue weighted by Crippen LogP contribution is -2.36. The van der Waals surface area contributed by atoms with Crippen molar-refractivity contribution in [2.45, 2.75) is 25.7 Å². The molecule has 2 aromatic rings. The summed E-state index contributed by atoms with van der Waals surface area (Å²) in [5, 5.41) is 6.10. The van der Waals surface area contributed by atoms with E-state index in [1.807, 2.05) is 23.1 Å². The first-order valence-corrected chi connectivity index (χ1v) is 9.79. The second kappa shape index (κ2) is 7.72. The summed E-state index contributed by atoms with van der Waals surface area (Å²) in [6.45, 7) is 0.768. The number of benzene rings is 2. The SMILES string of the molecule is COc1ccc(Cl)cc1NC(=O)Nc1ccc2c(c1)CCCN2C(=O)C1CC1. The maximum atomic E-state index is 12.5. The second-order valence-electron chi connectivity index (χ2n) is 7.13. The van der Waals surface area contributed by atoms with Gasteiger partial charge in [0.05, 0.1) is 12.8 Å². The molecule has 0 atom stereocenters. The topological polar surface area (TPSA) is 70.7 Å². The van der Waals surface area contributed by atoms with Crippen LogP contribution in [0.3, 0.4) is 0 Å². The number of nitrogens with zero attached hydrogens (tertiary/aromatic N) is 1. The maximum absolute atomic E-state index is 12.5. The fraction of sp³-hybridized carbons (Fsp3) is 0.333. The molecule has 0 aromatic heterocycles. The number of aryl methyl sites for hydroxylation is 1. The van der Waals surface area contributed by atoms with Crippen LogP contribution in [-0.2, 0) is 11.2 Å². The van der Waals surface area contributed by atoms with Gasteiger partial charge in [-0.05, 0) is 67.6 Å². The van der Waals surface area contributed by atoms with E-state index in [1.54, 1.807) is 18.2 Å². The molecule has 146 valence electrons. The van der Waals surface area contributed by atoms with Crippen molar-refractivity contribution in [2.24, 2.45) is 5.92 Å². The van der Waals surface area contributed by atoms with E-state index in [0.29, 0.717) is 22.1 Å². The molecule has 2 aliphatic rings. The summed E-state index contributed by atoms with van der Waals surface area (Å²) in [6.07, 6.45) is 3.82. The average Bonchev–Trinajstić information content (AvgIpc) is 3.52. The summed E-state index contributed by atoms with van der Waals surface area (Å²) in [6, 6.07) is 10.3. The molecule has 6 nitrogen and oxygen atoms in total. The normalized spacial score (nSPS) is 15.6. The largest absolute Gasteiger partial charge is 0.495 e. The predicted molar refractivity (Wildman–Crippen MR) is 110 cm³/mol. The number of fused-ring (bicyclic) bond motifs is 1. The molecule has 0 spiro atoms. The third kappa shape index (κ3) is 3.92. The second-order valence-corrected chi connectivity index (χ2v) is 7.57. The Morgan fingerprint density at radius 3 is 2.71 bits per heavy atom. The number of carbonyl (C=O) groups is 2. The molecular formula is C21H22ClN3O3. The summed E-state index contributed by atoms with van der Waals surface area (Å²) in [5.74, 6) is 0.953. The Labute approximate surface area is 168 Å². The molecule has 0 radical (unpaired) electrons. The van der Waals surface area contributed by atoms with Gasteiger partial charge in [0.15, 0.2) is 0 Å². The molecule has 0 saturated heterocycles. The molecular weight excluding hydrogens is 378 g/mol. The van der Waals surface area contributed by atoms with Crippen molar-refractivity contribution in [3.63, 3.8) is 0 Å². The molecule has 4 rings (SSSR count). The molecule has 1 saturated carbocycles. The number of anilines is 3. The zero-order chi connectivity index (χ0) is 19.7. The van der Waals surface area contributed by atoms with Crippen LogP contribution in [0.1, 0.15) is 24.8 Å². The van der Waals surface area contributed by atoms with Gasteiger partial charge in [0, 0.05) is 28.9 Å². The van der Waals surface area contributed by atoms with Gasteiger partial charge in [0.25, 0.3) is 0 Å². The third-order valence-electron chi connectivity index (χ3n) is 5.06. The van der Waals surface area contributed by atoms with Gasteiger partial charge in [0.2, 0.25) is 5.91 Å². The van der Waals surface area contributed by atoms with Gasteiger partial charge in [-0.2, -0.15) is 0 Å². The molecule has 2 aromatic carbocycles. The first-order chi connectivity index (χ1) is 13.5. The smallest absolute Gasteiger partial charge is 0.323 e. The minimum atomic E-state index is -0.387. The maximum Gasteiger partial charge on any atom is 0.323 e. The number of hydrogen-bond donors (Lipinski definition) is 2. The lowest BCUT2D eigenvalue weighted by molar-refractivity contribution is -0.119. The average molecular weight is 400 g/mol. The van der Waals surface area contributed by atoms with Gasteiger partial charge < -0.3 is 20.3 Å². The number of urea groups is 1. The molecule has 1 heterocycles. The van der Waals surface area contributed by atoms with Crippen molar-refractivity contribution in [3.05, 3.63) is 47.0 Å². The van der Waals surface area contributed by atoms with E-state index >= 15 is 0 Å². The van der Waals surface area contributed by atoms with E-state index in [9.17, 15) is 9.59 Å². The van der Waals surface area contributed by atoms with Crippen LogP contribution in [0.2, 0.25) is 5.02 Å². The third-order valence-corrected chi connectivity index (χ3v) is 5.29. The van der Waals surface area contributed by atoms with Crippen LogP contribution in [-0.4, -0.2) is 25.6 Å². The van der Waals surface area contributed by atoms with Crippen LogP contribution in [0.4, 0.5) is 21.9 Å². The van der Waals surface area contributed by atoms with Crippen molar-refractivity contribution in [1.82, 2.24) is 0 Å². The number of ether oxygens (including phenoxy) is 1. The lowest BCUT2D eigenvalue weighted by Gasteiger charge is -2.30. The van der Waals surface area contributed by atoms with Gasteiger partial charge in [-0.15, -0.1) is 0 Å². The summed E-state index contributed by atoms with van der Waals surface area (Å²) in [4.78, 5) is 26.8. The van der Waals surface area contributed by atoms with Crippen molar-refractivity contribution < 1.29 is 14.3 Å². The highest BCUT2D eigenvalue weighted by molar-refractivity contribution is 6.31.